The van der Waals surface area contributed by atoms with Crippen molar-refractivity contribution < 1.29 is 4.79 Å². The summed E-state index contributed by atoms with van der Waals surface area (Å²) >= 11 is 3.37. The second-order valence-corrected chi connectivity index (χ2v) is 7.33. The van der Waals surface area contributed by atoms with Gasteiger partial charge in [-0.15, -0.1) is 23.1 Å². The molecule has 1 amide bonds. The van der Waals surface area contributed by atoms with Crippen LogP contribution in [-0.2, 0) is 24.1 Å². The van der Waals surface area contributed by atoms with Crippen LogP contribution in [0.5, 0.6) is 0 Å². The number of thioether (sulfide) groups is 1. The molecule has 0 aliphatic heterocycles. The predicted molar refractivity (Wildman–Crippen MR) is 90.2 cm³/mol. The van der Waals surface area contributed by atoms with Gasteiger partial charge in [0.1, 0.15) is 0 Å². The lowest BCUT2D eigenvalue weighted by atomic mass is 10.1. The van der Waals surface area contributed by atoms with E-state index >= 15 is 0 Å². The third-order valence-corrected chi connectivity index (χ3v) is 5.64. The van der Waals surface area contributed by atoms with Crippen LogP contribution in [-0.4, -0.2) is 18.2 Å². The summed E-state index contributed by atoms with van der Waals surface area (Å²) in [6.07, 6.45) is 4.60. The van der Waals surface area contributed by atoms with Crippen molar-refractivity contribution in [1.29, 1.82) is 0 Å². The topological polar surface area (TPSA) is 29.1 Å². The van der Waals surface area contributed by atoms with Crippen LogP contribution in [0.1, 0.15) is 22.4 Å². The Bertz CT molecular complexity index is 607. The van der Waals surface area contributed by atoms with Crippen LogP contribution in [0.2, 0.25) is 0 Å². The molecule has 1 N–H and O–H groups in total. The molecule has 0 spiro atoms. The molecule has 2 nitrogen and oxygen atoms in total. The van der Waals surface area contributed by atoms with Crippen LogP contribution in [0, 0.1) is 0 Å². The normalized spacial score (nSPS) is 13.1. The van der Waals surface area contributed by atoms with Gasteiger partial charge >= 0.3 is 0 Å². The van der Waals surface area contributed by atoms with Crippen LogP contribution >= 0.6 is 23.1 Å². The minimum atomic E-state index is 0.122. The van der Waals surface area contributed by atoms with E-state index in [4.69, 9.17) is 0 Å². The van der Waals surface area contributed by atoms with E-state index in [-0.39, 0.29) is 5.91 Å². The lowest BCUT2D eigenvalue weighted by Crippen LogP contribution is -2.27. The van der Waals surface area contributed by atoms with Gasteiger partial charge in [-0.25, -0.2) is 0 Å². The van der Waals surface area contributed by atoms with Crippen molar-refractivity contribution in [2.24, 2.45) is 0 Å². The number of carbonyl (C=O) groups is 1. The molecular formula is C17H19NOS2. The number of amides is 1. The fourth-order valence-corrected chi connectivity index (χ4v) is 4.12. The Morgan fingerprint density at radius 2 is 2.14 bits per heavy atom. The highest BCUT2D eigenvalue weighted by Crippen LogP contribution is 2.27. The maximum absolute atomic E-state index is 11.9. The van der Waals surface area contributed by atoms with Gasteiger partial charge in [0, 0.05) is 16.3 Å². The van der Waals surface area contributed by atoms with E-state index < -0.39 is 0 Å². The van der Waals surface area contributed by atoms with Crippen LogP contribution in [0.4, 0.5) is 0 Å². The smallest absolute Gasteiger partial charge is 0.230 e. The molecule has 1 aromatic heterocycles. The van der Waals surface area contributed by atoms with E-state index in [1.54, 1.807) is 23.1 Å². The highest BCUT2D eigenvalue weighted by Gasteiger charge is 2.11. The van der Waals surface area contributed by atoms with Crippen LogP contribution in [0.15, 0.2) is 40.6 Å². The van der Waals surface area contributed by atoms with Gasteiger partial charge in [-0.1, -0.05) is 12.1 Å². The Hall–Kier alpha value is -1.26. The van der Waals surface area contributed by atoms with E-state index in [0.29, 0.717) is 5.75 Å². The Kier molecular flexibility index (Phi) is 4.99. The fraction of sp³-hybridized carbons (Fsp3) is 0.353. The molecule has 0 atom stereocenters. The first-order valence-corrected chi connectivity index (χ1v) is 9.21. The lowest BCUT2D eigenvalue weighted by Gasteiger charge is -2.06. The summed E-state index contributed by atoms with van der Waals surface area (Å²) in [5, 5.41) is 5.06. The molecule has 0 unspecified atom stereocenters. The summed E-state index contributed by atoms with van der Waals surface area (Å²) in [6.45, 7) is 0.726. The first kappa shape index (κ1) is 14.7. The highest BCUT2D eigenvalue weighted by atomic mass is 32.2. The van der Waals surface area contributed by atoms with E-state index in [1.807, 2.05) is 6.07 Å². The molecular weight excluding hydrogens is 298 g/mol. The average Bonchev–Trinajstić information content (AvgIpc) is 3.15. The number of aryl methyl sites for hydroxylation is 2. The zero-order valence-electron chi connectivity index (χ0n) is 11.9. The Labute approximate surface area is 134 Å². The van der Waals surface area contributed by atoms with Gasteiger partial charge in [0.15, 0.2) is 0 Å². The van der Waals surface area contributed by atoms with Crippen molar-refractivity contribution in [3.8, 4) is 0 Å². The zero-order valence-corrected chi connectivity index (χ0v) is 13.6. The molecule has 0 bridgehead atoms. The largest absolute Gasteiger partial charge is 0.355 e. The molecule has 110 valence electrons. The van der Waals surface area contributed by atoms with Crippen LogP contribution < -0.4 is 5.32 Å². The summed E-state index contributed by atoms with van der Waals surface area (Å²) in [5.74, 6) is 0.625. The SMILES string of the molecule is O=C(CSc1ccc2c(c1)CCC2)NCCc1cccs1. The summed E-state index contributed by atoms with van der Waals surface area (Å²) in [4.78, 5) is 14.4. The molecule has 2 aromatic rings. The predicted octanol–water partition coefficient (Wildman–Crippen LogP) is 3.69. The van der Waals surface area contributed by atoms with E-state index in [1.165, 1.54) is 40.2 Å². The maximum atomic E-state index is 11.9. The number of hydrogen-bond donors (Lipinski definition) is 1. The second-order valence-electron chi connectivity index (χ2n) is 5.25. The van der Waals surface area contributed by atoms with E-state index in [2.05, 4.69) is 35.0 Å². The summed E-state index contributed by atoms with van der Waals surface area (Å²) < 4.78 is 0. The molecule has 3 rings (SSSR count). The van der Waals surface area contributed by atoms with Gasteiger partial charge in [-0.3, -0.25) is 4.79 Å². The minimum Gasteiger partial charge on any atom is -0.355 e. The third kappa shape index (κ3) is 4.11. The molecule has 1 aliphatic rings. The number of thiophene rings is 1. The molecule has 1 aromatic carbocycles. The number of benzene rings is 1. The van der Waals surface area contributed by atoms with Crippen molar-refractivity contribution in [3.05, 3.63) is 51.7 Å². The number of nitrogens with one attached hydrogen (secondary N) is 1. The Morgan fingerprint density at radius 3 is 3.00 bits per heavy atom. The molecule has 4 heteroatoms. The van der Waals surface area contributed by atoms with Crippen LogP contribution in [0.3, 0.4) is 0 Å². The first-order chi connectivity index (χ1) is 10.3. The van der Waals surface area contributed by atoms with Crippen molar-refractivity contribution in [2.45, 2.75) is 30.6 Å². The fourth-order valence-electron chi connectivity index (χ4n) is 2.62. The zero-order chi connectivity index (χ0) is 14.5. The lowest BCUT2D eigenvalue weighted by molar-refractivity contribution is -0.118. The van der Waals surface area contributed by atoms with Crippen molar-refractivity contribution in [3.63, 3.8) is 0 Å². The summed E-state index contributed by atoms with van der Waals surface area (Å²) in [5.41, 5.74) is 2.96. The molecule has 1 aliphatic carbocycles. The van der Waals surface area contributed by atoms with Gasteiger partial charge in [-0.2, -0.15) is 0 Å². The van der Waals surface area contributed by atoms with Crippen molar-refractivity contribution in [2.75, 3.05) is 12.3 Å². The highest BCUT2D eigenvalue weighted by molar-refractivity contribution is 8.00. The van der Waals surface area contributed by atoms with E-state index in [9.17, 15) is 4.79 Å². The number of hydrogen-bond acceptors (Lipinski definition) is 3. The number of rotatable bonds is 6. The van der Waals surface area contributed by atoms with Gasteiger partial charge in [0.05, 0.1) is 5.75 Å². The van der Waals surface area contributed by atoms with Gasteiger partial charge in [0.2, 0.25) is 5.91 Å². The molecule has 0 fully saturated rings. The average molecular weight is 317 g/mol. The molecule has 0 radical (unpaired) electrons. The maximum Gasteiger partial charge on any atom is 0.230 e. The van der Waals surface area contributed by atoms with E-state index in [0.717, 1.165) is 13.0 Å². The number of carbonyl (C=O) groups excluding carboxylic acids is 1. The van der Waals surface area contributed by atoms with Gasteiger partial charge in [-0.05, 0) is 60.4 Å². The number of fused-ring (bicyclic) bond motifs is 1. The summed E-state index contributed by atoms with van der Waals surface area (Å²) in [6, 6.07) is 10.8. The molecule has 1 heterocycles. The third-order valence-electron chi connectivity index (χ3n) is 3.71. The monoisotopic (exact) mass is 317 g/mol. The van der Waals surface area contributed by atoms with Crippen molar-refractivity contribution >= 4 is 29.0 Å². The van der Waals surface area contributed by atoms with Crippen LogP contribution in [0.25, 0.3) is 0 Å². The molecule has 21 heavy (non-hydrogen) atoms. The van der Waals surface area contributed by atoms with Gasteiger partial charge < -0.3 is 5.32 Å². The Morgan fingerprint density at radius 1 is 1.24 bits per heavy atom. The standard InChI is InChI=1S/C17H19NOS2/c19-17(18-9-8-15-5-2-10-20-15)12-21-16-7-6-13-3-1-4-14(13)11-16/h2,5-7,10-11H,1,3-4,8-9,12H2,(H,18,19). The second kappa shape index (κ2) is 7.14. The quantitative estimate of drug-likeness (QED) is 0.823. The summed E-state index contributed by atoms with van der Waals surface area (Å²) in [7, 11) is 0. The Balaban J connectivity index is 1.41. The van der Waals surface area contributed by atoms with Crippen molar-refractivity contribution in [1.82, 2.24) is 5.32 Å². The molecule has 0 saturated heterocycles. The van der Waals surface area contributed by atoms with Gasteiger partial charge in [0.25, 0.3) is 0 Å². The molecule has 0 saturated carbocycles. The minimum absolute atomic E-state index is 0.122. The first-order valence-electron chi connectivity index (χ1n) is 7.35.